The summed E-state index contributed by atoms with van der Waals surface area (Å²) in [5, 5.41) is 29.8. The van der Waals surface area contributed by atoms with Crippen LogP contribution in [0.4, 0.5) is 21.0 Å². The molecule has 2 aliphatic rings. The zero-order chi connectivity index (χ0) is 48.2. The number of nitriles is 1. The quantitative estimate of drug-likeness (QED) is 0.0859. The molecule has 2 fully saturated rings. The number of carboxylic acid groups (broad SMARTS) is 1. The lowest BCUT2D eigenvalue weighted by atomic mass is 9.97. The van der Waals surface area contributed by atoms with E-state index >= 15 is 0 Å². The molecule has 5 aromatic rings. The van der Waals surface area contributed by atoms with Crippen LogP contribution in [-0.2, 0) is 23.9 Å². The smallest absolute Gasteiger partial charge is 0.408 e. The van der Waals surface area contributed by atoms with Gasteiger partial charge >= 0.3 is 12.2 Å². The highest BCUT2D eigenvalue weighted by Gasteiger charge is 2.45. The van der Waals surface area contributed by atoms with E-state index in [0.29, 0.717) is 89.0 Å². The van der Waals surface area contributed by atoms with Crippen LogP contribution in [0.1, 0.15) is 96.0 Å². The van der Waals surface area contributed by atoms with Gasteiger partial charge in [0.1, 0.15) is 35.8 Å². The van der Waals surface area contributed by atoms with Gasteiger partial charge in [-0.1, -0.05) is 72.8 Å². The van der Waals surface area contributed by atoms with Crippen molar-refractivity contribution >= 4 is 58.1 Å². The molecular weight excluding hydrogens is 853 g/mol. The molecule has 4 atom stereocenters. The van der Waals surface area contributed by atoms with Crippen molar-refractivity contribution in [3.8, 4) is 17.3 Å². The van der Waals surface area contributed by atoms with Crippen LogP contribution in [0.15, 0.2) is 103 Å². The van der Waals surface area contributed by atoms with Crippen LogP contribution in [0.5, 0.6) is 0 Å². The maximum absolute atomic E-state index is 14.3. The van der Waals surface area contributed by atoms with Crippen molar-refractivity contribution in [1.29, 1.82) is 5.26 Å². The van der Waals surface area contributed by atoms with Crippen LogP contribution < -0.4 is 16.0 Å². The van der Waals surface area contributed by atoms with Gasteiger partial charge in [-0.15, -0.1) is 0 Å². The molecule has 67 heavy (non-hydrogen) atoms. The SMILES string of the molecule is CC(C)(C)OC(=O)N[C@@H](C(=O)N1CCC[C@H]1C(=O)Nc1ccc2[nH]c(-c3ccc(NC(=O)[C@@H]4CCCN4C(=O)[C@@H](c4ccccc4)N(C(=O)O)C(C)(C)C)cc3)c(C#N)c2c1)c1ccccc1. The number of nitrogens with zero attached hydrogens (tertiary/aromatic N) is 4. The Morgan fingerprint density at radius 2 is 1.28 bits per heavy atom. The number of alkyl carbamates (subject to hydrolysis) is 1. The summed E-state index contributed by atoms with van der Waals surface area (Å²) >= 11 is 0. The van der Waals surface area contributed by atoms with Gasteiger partial charge in [0.2, 0.25) is 11.8 Å². The Balaban J connectivity index is 1.04. The second kappa shape index (κ2) is 19.4. The molecule has 1 aromatic heterocycles. The first-order chi connectivity index (χ1) is 31.8. The fraction of sp³-hybridized carbons (Fsp3) is 0.353. The van der Waals surface area contributed by atoms with Gasteiger partial charge in [0.25, 0.3) is 11.8 Å². The van der Waals surface area contributed by atoms with Gasteiger partial charge in [0.05, 0.1) is 11.3 Å². The van der Waals surface area contributed by atoms with E-state index in [2.05, 4.69) is 27.0 Å². The molecule has 0 bridgehead atoms. The fourth-order valence-electron chi connectivity index (χ4n) is 8.88. The van der Waals surface area contributed by atoms with Gasteiger partial charge in [-0.3, -0.25) is 24.1 Å². The Hall–Kier alpha value is -7.67. The molecule has 6 amide bonds. The summed E-state index contributed by atoms with van der Waals surface area (Å²) < 4.78 is 5.46. The number of hydrogen-bond donors (Lipinski definition) is 5. The number of likely N-dealkylation sites (tertiary alicyclic amines) is 2. The highest BCUT2D eigenvalue weighted by molar-refractivity contribution is 6.02. The van der Waals surface area contributed by atoms with Gasteiger partial charge in [-0.2, -0.15) is 5.26 Å². The standard InChI is InChI=1S/C51H56N8O8/c1-50(2,3)59(49(65)66)43(33-17-11-8-12-18-33)47(63)58-28-14-20-40(58)44(60)53-34-23-21-32(22-24-34)41-37(30-52)36-29-35(25-26-38(36)55-41)54-45(61)39-19-13-27-57(39)46(62)42(31-15-9-7-10-16-31)56-48(64)67-51(4,5)6/h7-12,15-18,21-26,29,39-40,42-43,55H,13-14,19-20,27-28H2,1-6H3,(H,53,60)(H,54,61)(H,56,64)(H,65,66)/t39-,40-,42+,43+/m0/s1. The summed E-state index contributed by atoms with van der Waals surface area (Å²) in [6.07, 6.45) is -0.0359. The summed E-state index contributed by atoms with van der Waals surface area (Å²) in [7, 11) is 0. The molecule has 0 unspecified atom stereocenters. The molecule has 4 aromatic carbocycles. The van der Waals surface area contributed by atoms with Gasteiger partial charge in [-0.05, 0) is 114 Å². The number of aromatic amines is 1. The predicted molar refractivity (Wildman–Crippen MR) is 253 cm³/mol. The van der Waals surface area contributed by atoms with Gasteiger partial charge in [-0.25, -0.2) is 9.59 Å². The van der Waals surface area contributed by atoms with Crippen molar-refractivity contribution in [2.45, 2.75) is 103 Å². The van der Waals surface area contributed by atoms with Gasteiger partial charge < -0.3 is 40.6 Å². The number of hydrogen-bond acceptors (Lipinski definition) is 8. The number of H-pyrrole nitrogens is 1. The van der Waals surface area contributed by atoms with Crippen LogP contribution >= 0.6 is 0 Å². The number of amides is 6. The maximum atomic E-state index is 14.3. The highest BCUT2D eigenvalue weighted by Crippen LogP contribution is 2.35. The number of carbonyl (C=O) groups is 6. The second-order valence-corrected chi connectivity index (χ2v) is 18.8. The minimum atomic E-state index is -1.25. The van der Waals surface area contributed by atoms with Crippen molar-refractivity contribution in [3.05, 3.63) is 120 Å². The molecule has 16 heteroatoms. The molecule has 0 aliphatic carbocycles. The third kappa shape index (κ3) is 10.6. The molecule has 2 aliphatic heterocycles. The topological polar surface area (TPSA) is 217 Å². The normalized spacial score (nSPS) is 17.0. The van der Waals surface area contributed by atoms with E-state index in [0.717, 1.165) is 4.90 Å². The molecule has 7 rings (SSSR count). The van der Waals surface area contributed by atoms with E-state index in [1.165, 1.54) is 9.80 Å². The summed E-state index contributed by atoms with van der Waals surface area (Å²) in [5.41, 5.74) is 2.39. The summed E-state index contributed by atoms with van der Waals surface area (Å²) in [6.45, 7) is 11.0. The van der Waals surface area contributed by atoms with E-state index in [-0.39, 0.29) is 0 Å². The number of fused-ring (bicyclic) bond motifs is 1. The van der Waals surface area contributed by atoms with Crippen molar-refractivity contribution in [2.24, 2.45) is 0 Å². The third-order valence-electron chi connectivity index (χ3n) is 11.9. The Labute approximate surface area is 389 Å². The lowest BCUT2D eigenvalue weighted by molar-refractivity contribution is -0.142. The predicted octanol–water partition coefficient (Wildman–Crippen LogP) is 8.35. The van der Waals surface area contributed by atoms with E-state index in [9.17, 15) is 39.1 Å². The first-order valence-corrected chi connectivity index (χ1v) is 22.3. The van der Waals surface area contributed by atoms with Crippen LogP contribution in [0.25, 0.3) is 22.2 Å². The molecule has 3 heterocycles. The van der Waals surface area contributed by atoms with E-state index in [4.69, 9.17) is 4.74 Å². The fourth-order valence-corrected chi connectivity index (χ4v) is 8.88. The number of aromatic nitrogens is 1. The van der Waals surface area contributed by atoms with Crippen LogP contribution in [0.3, 0.4) is 0 Å². The van der Waals surface area contributed by atoms with Crippen LogP contribution in [0.2, 0.25) is 0 Å². The second-order valence-electron chi connectivity index (χ2n) is 18.8. The van der Waals surface area contributed by atoms with Crippen molar-refractivity contribution in [2.75, 3.05) is 23.7 Å². The van der Waals surface area contributed by atoms with E-state index in [1.54, 1.807) is 145 Å². The molecule has 5 N–H and O–H groups in total. The van der Waals surface area contributed by atoms with Crippen LogP contribution in [-0.4, -0.2) is 96.9 Å². The summed E-state index contributed by atoms with van der Waals surface area (Å²) in [4.78, 5) is 89.0. The number of rotatable bonds is 11. The molecular formula is C51H56N8O8. The first kappa shape index (κ1) is 47.3. The Bertz CT molecular complexity index is 2700. The van der Waals surface area contributed by atoms with Crippen molar-refractivity contribution in [1.82, 2.24) is 25.0 Å². The minimum absolute atomic E-state index is 0.294. The zero-order valence-corrected chi connectivity index (χ0v) is 38.5. The van der Waals surface area contributed by atoms with Crippen molar-refractivity contribution in [3.63, 3.8) is 0 Å². The Morgan fingerprint density at radius 3 is 1.82 bits per heavy atom. The lowest BCUT2D eigenvalue weighted by Gasteiger charge is -2.41. The third-order valence-corrected chi connectivity index (χ3v) is 11.9. The van der Waals surface area contributed by atoms with Gasteiger partial charge in [0.15, 0.2) is 0 Å². The van der Waals surface area contributed by atoms with E-state index in [1.807, 2.05) is 0 Å². The average Bonchev–Trinajstić information content (AvgIpc) is 4.06. The van der Waals surface area contributed by atoms with Crippen molar-refractivity contribution < 1.29 is 38.6 Å². The summed E-state index contributed by atoms with van der Waals surface area (Å²) in [5.74, 6) is -1.72. The van der Waals surface area contributed by atoms with Gasteiger partial charge in [0, 0.05) is 40.9 Å². The molecule has 0 spiro atoms. The first-order valence-electron chi connectivity index (χ1n) is 22.3. The largest absolute Gasteiger partial charge is 0.465 e. The number of benzene rings is 4. The maximum Gasteiger partial charge on any atom is 0.408 e. The number of anilines is 2. The zero-order valence-electron chi connectivity index (χ0n) is 38.5. The molecule has 0 saturated carbocycles. The number of ether oxygens (including phenoxy) is 1. The summed E-state index contributed by atoms with van der Waals surface area (Å²) in [6, 6.07) is 28.0. The Kier molecular flexibility index (Phi) is 13.7. The molecule has 2 saturated heterocycles. The number of carbonyl (C=O) groups excluding carboxylic acids is 5. The lowest BCUT2D eigenvalue weighted by Crippen LogP contribution is -2.54. The average molecular weight is 909 g/mol. The molecule has 0 radical (unpaired) electrons. The monoisotopic (exact) mass is 908 g/mol. The molecule has 348 valence electrons. The highest BCUT2D eigenvalue weighted by atomic mass is 16.6. The number of nitrogens with one attached hydrogen (secondary N) is 4. The van der Waals surface area contributed by atoms with Crippen LogP contribution in [0, 0.1) is 11.3 Å². The molecule has 16 nitrogen and oxygen atoms in total. The van der Waals surface area contributed by atoms with E-state index < -0.39 is 71.1 Å². The Morgan fingerprint density at radius 1 is 0.746 bits per heavy atom. The minimum Gasteiger partial charge on any atom is -0.465 e.